The minimum atomic E-state index is -0.724. The number of hydrogen-bond donors (Lipinski definition) is 0. The van der Waals surface area contributed by atoms with E-state index in [2.05, 4.69) is 56.6 Å². The summed E-state index contributed by atoms with van der Waals surface area (Å²) in [5.74, 6) is -0.393. The van der Waals surface area contributed by atoms with Crippen molar-refractivity contribution in [3.63, 3.8) is 0 Å². The Labute approximate surface area is 81.2 Å². The van der Waals surface area contributed by atoms with Crippen LogP contribution in [-0.2, 0) is 2.14 Å². The van der Waals surface area contributed by atoms with Crippen molar-refractivity contribution in [2.75, 3.05) is 0 Å². The van der Waals surface area contributed by atoms with Crippen LogP contribution in [0.5, 0.6) is 0 Å². The van der Waals surface area contributed by atoms with Gasteiger partial charge in [-0.3, -0.25) is 0 Å². The molecule has 0 radical (unpaired) electrons. The molecule has 0 aliphatic rings. The molecular formula is C4HBr3O3. The van der Waals surface area contributed by atoms with Crippen LogP contribution in [0.15, 0.2) is 19.9 Å². The summed E-state index contributed by atoms with van der Waals surface area (Å²) in [4.78, 5) is 10.3. The Morgan fingerprint density at radius 3 is 2.20 bits per heavy atom. The molecule has 1 aromatic rings. The summed E-state index contributed by atoms with van der Waals surface area (Å²) in [6.07, 6.45) is 1.21. The maximum atomic E-state index is 10.3. The molecule has 1 rings (SSSR count). The van der Waals surface area contributed by atoms with E-state index in [1.165, 1.54) is 6.26 Å². The lowest BCUT2D eigenvalue weighted by atomic mass is 10.6. The van der Waals surface area contributed by atoms with Gasteiger partial charge >= 0.3 is 5.82 Å². The molecule has 10 heavy (non-hydrogen) atoms. The Balaban J connectivity index is 3.07. The van der Waals surface area contributed by atoms with Gasteiger partial charge in [-0.05, 0) is 0 Å². The third-order valence-corrected chi connectivity index (χ3v) is 1.91. The molecular weight excluding hydrogens is 336 g/mol. The molecule has 0 saturated carbocycles. The zero-order chi connectivity index (χ0) is 7.78. The van der Waals surface area contributed by atoms with E-state index in [1.807, 2.05) is 0 Å². The molecule has 0 bridgehead atoms. The summed E-state index contributed by atoms with van der Waals surface area (Å²) in [7, 11) is 0. The molecule has 0 fully saturated rings. The van der Waals surface area contributed by atoms with Crippen LogP contribution >= 0.6 is 47.8 Å². The van der Waals surface area contributed by atoms with E-state index in [0.717, 1.165) is 0 Å². The Kier molecular flexibility index (Phi) is 2.42. The average Bonchev–Trinajstić information content (AvgIpc) is 2.11. The number of rotatable bonds is 0. The Bertz CT molecular complexity index is 268. The lowest BCUT2D eigenvalue weighted by Crippen LogP contribution is -1.95. The molecule has 6 heteroatoms. The highest BCUT2D eigenvalue weighted by Crippen LogP contribution is 2.43. The highest BCUT2D eigenvalue weighted by Gasteiger charge is 2.26. The van der Waals surface area contributed by atoms with Crippen LogP contribution in [0.1, 0.15) is 5.76 Å². The van der Waals surface area contributed by atoms with E-state index in [4.69, 9.17) is 0 Å². The summed E-state index contributed by atoms with van der Waals surface area (Å²) < 4.78 is 8.25. The van der Waals surface area contributed by atoms with Crippen LogP contribution < -0.4 is 5.82 Å². The van der Waals surface area contributed by atoms with Crippen LogP contribution in [0.3, 0.4) is 0 Å². The van der Waals surface area contributed by atoms with Crippen molar-refractivity contribution in [1.82, 2.24) is 0 Å². The normalized spacial score (nSPS) is 11.9. The molecule has 0 amide bonds. The SMILES string of the molecule is O=c1occ(C(Br)(Br)Br)o1. The van der Waals surface area contributed by atoms with Gasteiger partial charge in [0.2, 0.25) is 0 Å². The summed E-state index contributed by atoms with van der Waals surface area (Å²) in [6.45, 7) is 0. The Morgan fingerprint density at radius 2 is 2.00 bits per heavy atom. The second-order valence-corrected chi connectivity index (χ2v) is 8.21. The zero-order valence-electron chi connectivity index (χ0n) is 4.44. The van der Waals surface area contributed by atoms with Gasteiger partial charge in [-0.25, -0.2) is 4.79 Å². The summed E-state index contributed by atoms with van der Waals surface area (Å²) in [5.41, 5.74) is 0. The van der Waals surface area contributed by atoms with Gasteiger partial charge < -0.3 is 8.83 Å². The fourth-order valence-electron chi connectivity index (χ4n) is 0.364. The molecule has 0 aromatic carbocycles. The first-order valence-electron chi connectivity index (χ1n) is 2.16. The monoisotopic (exact) mass is 334 g/mol. The van der Waals surface area contributed by atoms with Crippen molar-refractivity contribution >= 4 is 47.8 Å². The maximum Gasteiger partial charge on any atom is 0.518 e. The standard InChI is InChI=1S/C4HBr3O3/c5-4(6,7)2-1-9-3(8)10-2/h1H. The molecule has 56 valence electrons. The van der Waals surface area contributed by atoms with Gasteiger partial charge in [0, 0.05) is 0 Å². The van der Waals surface area contributed by atoms with Gasteiger partial charge in [-0.2, -0.15) is 0 Å². The summed E-state index contributed by atoms with van der Waals surface area (Å²) in [5, 5.41) is 0. The van der Waals surface area contributed by atoms with E-state index in [1.54, 1.807) is 0 Å². The van der Waals surface area contributed by atoms with Crippen LogP contribution in [0.25, 0.3) is 0 Å². The Hall–Kier alpha value is 0.450. The first-order chi connectivity index (χ1) is 4.50. The highest BCUT2D eigenvalue weighted by atomic mass is 80.0. The summed E-state index contributed by atoms with van der Waals surface area (Å²) >= 11 is 9.42. The van der Waals surface area contributed by atoms with Crippen molar-refractivity contribution in [3.8, 4) is 0 Å². The second-order valence-electron chi connectivity index (χ2n) is 1.45. The molecule has 0 N–H and O–H groups in total. The van der Waals surface area contributed by atoms with Crippen molar-refractivity contribution in [2.45, 2.75) is 2.14 Å². The van der Waals surface area contributed by atoms with Gasteiger partial charge in [-0.1, -0.05) is 47.8 Å². The molecule has 0 unspecified atom stereocenters. The van der Waals surface area contributed by atoms with Gasteiger partial charge in [0.1, 0.15) is 6.26 Å². The minimum absolute atomic E-state index is 0.331. The average molecular weight is 337 g/mol. The van der Waals surface area contributed by atoms with Crippen molar-refractivity contribution in [2.24, 2.45) is 0 Å². The minimum Gasteiger partial charge on any atom is -0.399 e. The fraction of sp³-hybridized carbons (Fsp3) is 0.250. The van der Waals surface area contributed by atoms with Crippen LogP contribution in [-0.4, -0.2) is 0 Å². The van der Waals surface area contributed by atoms with Crippen molar-refractivity contribution in [3.05, 3.63) is 22.6 Å². The van der Waals surface area contributed by atoms with Gasteiger partial charge in [0.05, 0.1) is 0 Å². The summed E-state index contributed by atoms with van der Waals surface area (Å²) in [6, 6.07) is 0. The number of halogens is 3. The fourth-order valence-corrected chi connectivity index (χ4v) is 0.887. The van der Waals surface area contributed by atoms with Crippen molar-refractivity contribution in [1.29, 1.82) is 0 Å². The van der Waals surface area contributed by atoms with E-state index >= 15 is 0 Å². The third-order valence-electron chi connectivity index (χ3n) is 0.735. The van der Waals surface area contributed by atoms with Crippen LogP contribution in [0.4, 0.5) is 0 Å². The molecule has 1 heterocycles. The Morgan fingerprint density at radius 1 is 1.40 bits per heavy atom. The van der Waals surface area contributed by atoms with Gasteiger partial charge in [0.25, 0.3) is 0 Å². The maximum absolute atomic E-state index is 10.3. The lowest BCUT2D eigenvalue weighted by molar-refractivity contribution is 0.377. The first kappa shape index (κ1) is 8.55. The predicted molar refractivity (Wildman–Crippen MR) is 45.7 cm³/mol. The number of alkyl halides is 3. The third kappa shape index (κ3) is 1.96. The zero-order valence-corrected chi connectivity index (χ0v) is 9.19. The van der Waals surface area contributed by atoms with E-state index in [0.29, 0.717) is 5.76 Å². The van der Waals surface area contributed by atoms with Crippen LogP contribution in [0, 0.1) is 0 Å². The number of hydrogen-bond acceptors (Lipinski definition) is 3. The van der Waals surface area contributed by atoms with Gasteiger partial charge in [-0.15, -0.1) is 0 Å². The van der Waals surface area contributed by atoms with E-state index in [-0.39, 0.29) is 0 Å². The van der Waals surface area contributed by atoms with Crippen LogP contribution in [0.2, 0.25) is 0 Å². The van der Waals surface area contributed by atoms with Crippen molar-refractivity contribution < 1.29 is 8.83 Å². The second kappa shape index (κ2) is 2.83. The predicted octanol–water partition coefficient (Wildman–Crippen LogP) is 2.53. The molecule has 0 saturated heterocycles. The molecule has 1 aromatic heterocycles. The molecule has 0 atom stereocenters. The molecule has 0 spiro atoms. The van der Waals surface area contributed by atoms with Gasteiger partial charge in [0.15, 0.2) is 7.90 Å². The molecule has 3 nitrogen and oxygen atoms in total. The first-order valence-corrected chi connectivity index (χ1v) is 4.54. The topological polar surface area (TPSA) is 43.4 Å². The largest absolute Gasteiger partial charge is 0.518 e. The molecule has 0 aliphatic carbocycles. The van der Waals surface area contributed by atoms with E-state index < -0.39 is 7.97 Å². The highest BCUT2D eigenvalue weighted by molar-refractivity contribution is 9.38. The van der Waals surface area contributed by atoms with E-state index in [9.17, 15) is 4.79 Å². The lowest BCUT2D eigenvalue weighted by Gasteiger charge is -2.03. The smallest absolute Gasteiger partial charge is 0.399 e. The quantitative estimate of drug-likeness (QED) is 0.684. The molecule has 0 aliphatic heterocycles.